The lowest BCUT2D eigenvalue weighted by Gasteiger charge is -2.09. The largest absolute Gasteiger partial charge is 0.399 e. The molecule has 1 aliphatic rings. The van der Waals surface area contributed by atoms with E-state index in [2.05, 4.69) is 15.5 Å². The van der Waals surface area contributed by atoms with Crippen molar-refractivity contribution in [3.63, 3.8) is 0 Å². The third-order valence-corrected chi connectivity index (χ3v) is 4.22. The predicted octanol–water partition coefficient (Wildman–Crippen LogP) is 3.03. The highest BCUT2D eigenvalue weighted by molar-refractivity contribution is 5.59. The highest BCUT2D eigenvalue weighted by atomic mass is 19.1. The second-order valence-corrected chi connectivity index (χ2v) is 5.76. The number of tetrazole rings is 1. The Hall–Kier alpha value is -1.98. The van der Waals surface area contributed by atoms with E-state index in [1.807, 2.05) is 0 Å². The lowest BCUT2D eigenvalue weighted by molar-refractivity contribution is 0.443. The number of hydrogen-bond donors (Lipinski definition) is 1. The third kappa shape index (κ3) is 3.20. The number of benzene rings is 1. The van der Waals surface area contributed by atoms with Crippen LogP contribution in [0.1, 0.15) is 38.5 Å². The molecule has 5 nitrogen and oxygen atoms in total. The number of nitrogens with zero attached hydrogens (tertiary/aromatic N) is 4. The predicted molar refractivity (Wildman–Crippen MR) is 78.8 cm³/mol. The Bertz CT molecular complexity index is 604. The summed E-state index contributed by atoms with van der Waals surface area (Å²) in [7, 11) is 0. The Labute approximate surface area is 123 Å². The second kappa shape index (κ2) is 6.20. The quantitative estimate of drug-likeness (QED) is 0.859. The van der Waals surface area contributed by atoms with Gasteiger partial charge >= 0.3 is 0 Å². The van der Waals surface area contributed by atoms with Crippen molar-refractivity contribution in [3.8, 4) is 11.4 Å². The van der Waals surface area contributed by atoms with E-state index in [0.717, 1.165) is 18.9 Å². The topological polar surface area (TPSA) is 69.6 Å². The highest BCUT2D eigenvalue weighted by Crippen LogP contribution is 2.29. The zero-order valence-electron chi connectivity index (χ0n) is 12.0. The van der Waals surface area contributed by atoms with Crippen molar-refractivity contribution < 1.29 is 4.39 Å². The fourth-order valence-electron chi connectivity index (χ4n) is 3.09. The minimum Gasteiger partial charge on any atom is -0.399 e. The number of rotatable bonds is 5. The van der Waals surface area contributed by atoms with Crippen LogP contribution in [0.3, 0.4) is 0 Å². The van der Waals surface area contributed by atoms with Crippen LogP contribution >= 0.6 is 0 Å². The first-order valence-electron chi connectivity index (χ1n) is 7.55. The molecule has 1 saturated carbocycles. The molecule has 0 spiro atoms. The van der Waals surface area contributed by atoms with E-state index in [-0.39, 0.29) is 5.82 Å². The molecule has 112 valence electrons. The average Bonchev–Trinajstić information content (AvgIpc) is 3.11. The molecule has 6 heteroatoms. The van der Waals surface area contributed by atoms with Gasteiger partial charge in [-0.3, -0.25) is 0 Å². The molecule has 1 aliphatic carbocycles. The maximum Gasteiger partial charge on any atom is 0.184 e. The molecule has 0 amide bonds. The minimum absolute atomic E-state index is 0.387. The summed E-state index contributed by atoms with van der Waals surface area (Å²) >= 11 is 0. The molecule has 0 radical (unpaired) electrons. The first-order valence-corrected chi connectivity index (χ1v) is 7.55. The van der Waals surface area contributed by atoms with Crippen LogP contribution in [-0.4, -0.2) is 20.2 Å². The van der Waals surface area contributed by atoms with Gasteiger partial charge in [-0.05, 0) is 47.4 Å². The number of nitrogen functional groups attached to an aromatic ring is 1. The van der Waals surface area contributed by atoms with Gasteiger partial charge < -0.3 is 5.73 Å². The lowest BCUT2D eigenvalue weighted by atomic mass is 10.0. The molecule has 0 unspecified atom stereocenters. The normalized spacial score (nSPS) is 15.7. The molecule has 2 N–H and O–H groups in total. The Morgan fingerprint density at radius 2 is 2.10 bits per heavy atom. The fraction of sp³-hybridized carbons (Fsp3) is 0.533. The van der Waals surface area contributed by atoms with Crippen LogP contribution in [0.25, 0.3) is 11.4 Å². The maximum absolute atomic E-state index is 14.0. The van der Waals surface area contributed by atoms with Crippen LogP contribution < -0.4 is 5.73 Å². The summed E-state index contributed by atoms with van der Waals surface area (Å²) < 4.78 is 15.7. The molecule has 1 aromatic carbocycles. The van der Waals surface area contributed by atoms with E-state index in [1.165, 1.54) is 38.2 Å². The number of halogens is 1. The van der Waals surface area contributed by atoms with Crippen LogP contribution in [-0.2, 0) is 6.54 Å². The van der Waals surface area contributed by atoms with Gasteiger partial charge in [-0.25, -0.2) is 9.07 Å². The van der Waals surface area contributed by atoms with E-state index in [4.69, 9.17) is 5.73 Å². The SMILES string of the molecule is Nc1ccc(-c2nnnn2CCCC2CCCC2)c(F)c1. The van der Waals surface area contributed by atoms with Gasteiger partial charge in [0.05, 0.1) is 5.56 Å². The zero-order chi connectivity index (χ0) is 14.7. The number of aryl methyl sites for hydroxylation is 1. The maximum atomic E-state index is 14.0. The summed E-state index contributed by atoms with van der Waals surface area (Å²) in [5, 5.41) is 11.6. The van der Waals surface area contributed by atoms with E-state index in [9.17, 15) is 4.39 Å². The monoisotopic (exact) mass is 289 g/mol. The van der Waals surface area contributed by atoms with Crippen molar-refractivity contribution in [1.82, 2.24) is 20.2 Å². The molecule has 1 aromatic heterocycles. The van der Waals surface area contributed by atoms with E-state index in [1.54, 1.807) is 16.8 Å². The summed E-state index contributed by atoms with van der Waals surface area (Å²) in [6.45, 7) is 0.725. The van der Waals surface area contributed by atoms with E-state index in [0.29, 0.717) is 17.1 Å². The van der Waals surface area contributed by atoms with Gasteiger partial charge in [-0.15, -0.1) is 5.10 Å². The van der Waals surface area contributed by atoms with Crippen molar-refractivity contribution in [1.29, 1.82) is 0 Å². The number of hydrogen-bond acceptors (Lipinski definition) is 4. The van der Waals surface area contributed by atoms with Gasteiger partial charge in [0.2, 0.25) is 0 Å². The fourth-order valence-corrected chi connectivity index (χ4v) is 3.09. The van der Waals surface area contributed by atoms with Crippen LogP contribution in [0.5, 0.6) is 0 Å². The molecule has 1 fully saturated rings. The number of anilines is 1. The van der Waals surface area contributed by atoms with Crippen LogP contribution in [0.4, 0.5) is 10.1 Å². The number of aromatic nitrogens is 4. The van der Waals surface area contributed by atoms with Crippen LogP contribution in [0.2, 0.25) is 0 Å². The molecule has 0 saturated heterocycles. The van der Waals surface area contributed by atoms with E-state index < -0.39 is 0 Å². The van der Waals surface area contributed by atoms with Gasteiger partial charge in [0.15, 0.2) is 5.82 Å². The molecule has 0 aliphatic heterocycles. The molecular formula is C15H20FN5. The Balaban J connectivity index is 1.68. The summed E-state index contributed by atoms with van der Waals surface area (Å²) in [6, 6.07) is 4.59. The molecular weight excluding hydrogens is 269 g/mol. The second-order valence-electron chi connectivity index (χ2n) is 5.76. The Morgan fingerprint density at radius 3 is 2.86 bits per heavy atom. The van der Waals surface area contributed by atoms with Crippen molar-refractivity contribution >= 4 is 5.69 Å². The number of nitrogens with two attached hydrogens (primary N) is 1. The van der Waals surface area contributed by atoms with Crippen molar-refractivity contribution in [2.75, 3.05) is 5.73 Å². The molecule has 0 atom stereocenters. The Morgan fingerprint density at radius 1 is 1.29 bits per heavy atom. The minimum atomic E-state index is -0.387. The summed E-state index contributed by atoms with van der Waals surface area (Å²) in [6.07, 6.45) is 7.63. The Kier molecular flexibility index (Phi) is 4.13. The lowest BCUT2D eigenvalue weighted by Crippen LogP contribution is -2.06. The van der Waals surface area contributed by atoms with E-state index >= 15 is 0 Å². The first-order chi connectivity index (χ1) is 10.2. The van der Waals surface area contributed by atoms with Gasteiger partial charge in [0, 0.05) is 12.2 Å². The molecule has 0 bridgehead atoms. The zero-order valence-corrected chi connectivity index (χ0v) is 12.0. The van der Waals surface area contributed by atoms with Crippen molar-refractivity contribution in [2.24, 2.45) is 5.92 Å². The first kappa shape index (κ1) is 14.0. The van der Waals surface area contributed by atoms with Crippen LogP contribution in [0, 0.1) is 11.7 Å². The van der Waals surface area contributed by atoms with Gasteiger partial charge in [0.1, 0.15) is 5.82 Å². The third-order valence-electron chi connectivity index (χ3n) is 4.22. The van der Waals surface area contributed by atoms with Crippen molar-refractivity contribution in [3.05, 3.63) is 24.0 Å². The standard InChI is InChI=1S/C15H20FN5/c16-14-10-12(17)7-8-13(14)15-18-19-20-21(15)9-3-6-11-4-1-2-5-11/h7-8,10-11H,1-6,9,17H2. The van der Waals surface area contributed by atoms with Gasteiger partial charge in [-0.2, -0.15) is 0 Å². The summed E-state index contributed by atoms with van der Waals surface area (Å²) in [5.41, 5.74) is 6.37. The van der Waals surface area contributed by atoms with Gasteiger partial charge in [0.25, 0.3) is 0 Å². The average molecular weight is 289 g/mol. The molecule has 21 heavy (non-hydrogen) atoms. The molecule has 2 aromatic rings. The highest BCUT2D eigenvalue weighted by Gasteiger charge is 2.16. The molecule has 1 heterocycles. The molecule has 3 rings (SSSR count). The smallest absolute Gasteiger partial charge is 0.184 e. The van der Waals surface area contributed by atoms with Gasteiger partial charge in [-0.1, -0.05) is 25.7 Å². The van der Waals surface area contributed by atoms with Crippen molar-refractivity contribution in [2.45, 2.75) is 45.1 Å². The summed E-state index contributed by atoms with van der Waals surface area (Å²) in [4.78, 5) is 0. The summed E-state index contributed by atoms with van der Waals surface area (Å²) in [5.74, 6) is 0.930. The van der Waals surface area contributed by atoms with Crippen LogP contribution in [0.15, 0.2) is 18.2 Å².